The zero-order valence-corrected chi connectivity index (χ0v) is 11.2. The first-order valence-electron chi connectivity index (χ1n) is 6.70. The van der Waals surface area contributed by atoms with Crippen LogP contribution < -0.4 is 5.32 Å². The number of urea groups is 1. The minimum atomic E-state index is -1.06. The van der Waals surface area contributed by atoms with Crippen molar-refractivity contribution in [3.63, 3.8) is 0 Å². The van der Waals surface area contributed by atoms with Gasteiger partial charge >= 0.3 is 12.0 Å². The number of rotatable bonds is 4. The molecule has 0 aromatic rings. The van der Waals surface area contributed by atoms with Crippen molar-refractivity contribution in [2.24, 2.45) is 5.92 Å². The van der Waals surface area contributed by atoms with Crippen LogP contribution >= 0.6 is 0 Å². The predicted molar refractivity (Wildman–Crippen MR) is 71.0 cm³/mol. The Bertz CT molecular complexity index is 437. The van der Waals surface area contributed by atoms with Gasteiger partial charge in [0.15, 0.2) is 0 Å². The highest BCUT2D eigenvalue weighted by molar-refractivity contribution is 5.85. The van der Waals surface area contributed by atoms with E-state index in [4.69, 9.17) is 5.11 Å². The highest BCUT2D eigenvalue weighted by Gasteiger charge is 2.43. The van der Waals surface area contributed by atoms with Crippen molar-refractivity contribution in [1.82, 2.24) is 15.1 Å². The highest BCUT2D eigenvalue weighted by atomic mass is 16.4. The third-order valence-corrected chi connectivity index (χ3v) is 3.79. The number of nitrogens with one attached hydrogen (secondary N) is 1. The molecule has 2 aliphatic heterocycles. The molecule has 0 radical (unpaired) electrons. The summed E-state index contributed by atoms with van der Waals surface area (Å²) in [4.78, 5) is 37.9. The predicted octanol–water partition coefficient (Wildman–Crippen LogP) is -0.111. The van der Waals surface area contributed by atoms with Gasteiger partial charge in [-0.1, -0.05) is 6.08 Å². The summed E-state index contributed by atoms with van der Waals surface area (Å²) < 4.78 is 0. The van der Waals surface area contributed by atoms with Crippen LogP contribution in [0.25, 0.3) is 0 Å². The van der Waals surface area contributed by atoms with Crippen LogP contribution in [0.5, 0.6) is 0 Å². The maximum Gasteiger partial charge on any atom is 0.323 e. The second-order valence-corrected chi connectivity index (χ2v) is 5.10. The Morgan fingerprint density at radius 3 is 2.95 bits per heavy atom. The molecule has 20 heavy (non-hydrogen) atoms. The number of carboxylic acid groups (broad SMARTS) is 1. The molecule has 0 aliphatic carbocycles. The Kier molecular flexibility index (Phi) is 4.26. The Balaban J connectivity index is 2.11. The summed E-state index contributed by atoms with van der Waals surface area (Å²) in [5.41, 5.74) is 0. The summed E-state index contributed by atoms with van der Waals surface area (Å²) in [5.74, 6) is -1.24. The molecular weight excluding hydrogens is 262 g/mol. The molecule has 0 aromatic carbocycles. The fourth-order valence-electron chi connectivity index (χ4n) is 2.90. The zero-order chi connectivity index (χ0) is 14.7. The third-order valence-electron chi connectivity index (χ3n) is 3.79. The van der Waals surface area contributed by atoms with Gasteiger partial charge in [-0.05, 0) is 12.8 Å². The Hall–Kier alpha value is -2.05. The lowest BCUT2D eigenvalue weighted by Gasteiger charge is -2.38. The third kappa shape index (κ3) is 2.76. The fourth-order valence-corrected chi connectivity index (χ4v) is 2.90. The van der Waals surface area contributed by atoms with Crippen molar-refractivity contribution in [3.05, 3.63) is 12.7 Å². The van der Waals surface area contributed by atoms with Gasteiger partial charge in [0.25, 0.3) is 0 Å². The van der Waals surface area contributed by atoms with Crippen molar-refractivity contribution in [2.45, 2.75) is 18.9 Å². The van der Waals surface area contributed by atoms with Gasteiger partial charge in [-0.2, -0.15) is 0 Å². The minimum absolute atomic E-state index is 0.0130. The SMILES string of the molecule is C=CCN(CC(=O)O)C(=O)N1CCCC2C(=O)NCC21. The van der Waals surface area contributed by atoms with Crippen molar-refractivity contribution in [3.8, 4) is 0 Å². The molecule has 2 unspecified atom stereocenters. The Morgan fingerprint density at radius 2 is 2.30 bits per heavy atom. The van der Waals surface area contributed by atoms with Crippen LogP contribution in [0, 0.1) is 5.92 Å². The van der Waals surface area contributed by atoms with Crippen LogP contribution in [-0.4, -0.2) is 65.0 Å². The first-order valence-corrected chi connectivity index (χ1v) is 6.70. The normalized spacial score (nSPS) is 24.8. The van der Waals surface area contributed by atoms with E-state index in [9.17, 15) is 14.4 Å². The maximum atomic E-state index is 12.5. The maximum absolute atomic E-state index is 12.5. The monoisotopic (exact) mass is 281 g/mol. The lowest BCUT2D eigenvalue weighted by Crippen LogP contribution is -2.54. The molecule has 2 saturated heterocycles. The van der Waals surface area contributed by atoms with E-state index in [0.29, 0.717) is 13.1 Å². The molecule has 2 aliphatic rings. The van der Waals surface area contributed by atoms with E-state index in [1.54, 1.807) is 4.90 Å². The average molecular weight is 281 g/mol. The number of nitrogens with zero attached hydrogens (tertiary/aromatic N) is 2. The molecule has 2 heterocycles. The molecule has 2 rings (SSSR count). The topological polar surface area (TPSA) is 90.0 Å². The first kappa shape index (κ1) is 14.4. The molecule has 2 N–H and O–H groups in total. The number of carboxylic acids is 1. The van der Waals surface area contributed by atoms with Gasteiger partial charge in [0.1, 0.15) is 6.54 Å². The van der Waals surface area contributed by atoms with Crippen LogP contribution in [0.4, 0.5) is 4.79 Å². The lowest BCUT2D eigenvalue weighted by molar-refractivity contribution is -0.137. The number of hydrogen-bond donors (Lipinski definition) is 2. The standard InChI is InChI=1S/C13H19N3O4/c1-2-5-15(8-11(17)18)13(20)16-6-3-4-9-10(16)7-14-12(9)19/h2,9-10H,1,3-8H2,(H,14,19)(H,17,18). The van der Waals surface area contributed by atoms with E-state index in [2.05, 4.69) is 11.9 Å². The summed E-state index contributed by atoms with van der Waals surface area (Å²) in [6.45, 7) is 4.37. The number of likely N-dealkylation sites (tertiary alicyclic amines) is 1. The van der Waals surface area contributed by atoms with Gasteiger partial charge in [0, 0.05) is 19.6 Å². The number of piperidine rings is 1. The van der Waals surface area contributed by atoms with Gasteiger partial charge < -0.3 is 20.2 Å². The molecule has 3 amide bonds. The quantitative estimate of drug-likeness (QED) is 0.704. The van der Waals surface area contributed by atoms with E-state index in [1.165, 1.54) is 11.0 Å². The van der Waals surface area contributed by atoms with E-state index in [1.807, 2.05) is 0 Å². The molecule has 0 saturated carbocycles. The largest absolute Gasteiger partial charge is 0.480 e. The van der Waals surface area contributed by atoms with Crippen molar-refractivity contribution >= 4 is 17.9 Å². The van der Waals surface area contributed by atoms with E-state index >= 15 is 0 Å². The fraction of sp³-hybridized carbons (Fsp3) is 0.615. The molecule has 2 atom stereocenters. The van der Waals surface area contributed by atoms with Crippen molar-refractivity contribution < 1.29 is 19.5 Å². The Labute approximate surface area is 117 Å². The van der Waals surface area contributed by atoms with Crippen molar-refractivity contribution in [2.75, 3.05) is 26.2 Å². The van der Waals surface area contributed by atoms with E-state index in [-0.39, 0.29) is 37.0 Å². The number of amides is 3. The molecule has 7 nitrogen and oxygen atoms in total. The summed E-state index contributed by atoms with van der Waals surface area (Å²) >= 11 is 0. The number of carbonyl (C=O) groups is 3. The summed E-state index contributed by atoms with van der Waals surface area (Å²) in [5, 5.41) is 11.6. The summed E-state index contributed by atoms with van der Waals surface area (Å²) in [6.07, 6.45) is 3.04. The van der Waals surface area contributed by atoms with Gasteiger partial charge in [0.05, 0.1) is 12.0 Å². The first-order chi connectivity index (χ1) is 9.54. The summed E-state index contributed by atoms with van der Waals surface area (Å²) in [6, 6.07) is -0.497. The molecule has 7 heteroatoms. The molecule has 2 fully saturated rings. The second kappa shape index (κ2) is 5.94. The van der Waals surface area contributed by atoms with Gasteiger partial charge in [-0.15, -0.1) is 6.58 Å². The van der Waals surface area contributed by atoms with Gasteiger partial charge in [-0.3, -0.25) is 9.59 Å². The van der Waals surface area contributed by atoms with Crippen molar-refractivity contribution in [1.29, 1.82) is 0 Å². The number of aliphatic carboxylic acids is 1. The van der Waals surface area contributed by atoms with Gasteiger partial charge in [-0.25, -0.2) is 4.79 Å². The molecule has 110 valence electrons. The summed E-state index contributed by atoms with van der Waals surface area (Å²) in [7, 11) is 0. The molecule has 0 bridgehead atoms. The smallest absolute Gasteiger partial charge is 0.323 e. The average Bonchev–Trinajstić information content (AvgIpc) is 2.79. The molecular formula is C13H19N3O4. The van der Waals surface area contributed by atoms with Crippen LogP contribution in [0.3, 0.4) is 0 Å². The van der Waals surface area contributed by atoms with Crippen LogP contribution in [-0.2, 0) is 9.59 Å². The van der Waals surface area contributed by atoms with E-state index < -0.39 is 5.97 Å². The number of carbonyl (C=O) groups excluding carboxylic acids is 2. The van der Waals surface area contributed by atoms with Crippen LogP contribution in [0.2, 0.25) is 0 Å². The second-order valence-electron chi connectivity index (χ2n) is 5.10. The highest BCUT2D eigenvalue weighted by Crippen LogP contribution is 2.28. The van der Waals surface area contributed by atoms with Gasteiger partial charge in [0.2, 0.25) is 5.91 Å². The number of fused-ring (bicyclic) bond motifs is 1. The van der Waals surface area contributed by atoms with Crippen LogP contribution in [0.1, 0.15) is 12.8 Å². The van der Waals surface area contributed by atoms with E-state index in [0.717, 1.165) is 12.8 Å². The zero-order valence-electron chi connectivity index (χ0n) is 11.2. The van der Waals surface area contributed by atoms with Crippen LogP contribution in [0.15, 0.2) is 12.7 Å². The lowest BCUT2D eigenvalue weighted by atomic mass is 9.92. The minimum Gasteiger partial charge on any atom is -0.480 e. The molecule has 0 aromatic heterocycles. The Morgan fingerprint density at radius 1 is 1.55 bits per heavy atom. The molecule has 0 spiro atoms. The number of hydrogen-bond acceptors (Lipinski definition) is 3.